The van der Waals surface area contributed by atoms with Crippen molar-refractivity contribution in [3.05, 3.63) is 65.7 Å². The molecule has 2 N–H and O–H groups in total. The van der Waals surface area contributed by atoms with Crippen molar-refractivity contribution in [3.8, 4) is 0 Å². The number of benzene rings is 2. The minimum atomic E-state index is -1.16. The second-order valence-electron chi connectivity index (χ2n) is 6.22. The molecule has 22 heavy (non-hydrogen) atoms. The Hall–Kier alpha value is -2.29. The molecule has 3 nitrogen and oxygen atoms in total. The van der Waals surface area contributed by atoms with Gasteiger partial charge in [-0.15, -0.1) is 0 Å². The molecule has 0 aliphatic rings. The Labute approximate surface area is 132 Å². The smallest absolute Gasteiger partial charge is 0.333 e. The van der Waals surface area contributed by atoms with Crippen LogP contribution in [-0.2, 0) is 16.8 Å². The third kappa shape index (κ3) is 3.67. The molecule has 0 heterocycles. The van der Waals surface area contributed by atoms with Crippen LogP contribution in [0.25, 0.3) is 0 Å². The Morgan fingerprint density at radius 3 is 2.18 bits per heavy atom. The second kappa shape index (κ2) is 6.65. The molecule has 2 aromatic rings. The van der Waals surface area contributed by atoms with Crippen LogP contribution in [0.4, 0.5) is 5.69 Å². The molecule has 0 aliphatic carbocycles. The van der Waals surface area contributed by atoms with Gasteiger partial charge in [-0.1, -0.05) is 56.3 Å². The van der Waals surface area contributed by atoms with Gasteiger partial charge < -0.3 is 10.4 Å². The zero-order valence-electron chi connectivity index (χ0n) is 13.3. The van der Waals surface area contributed by atoms with Crippen molar-refractivity contribution in [2.24, 2.45) is 5.92 Å². The normalized spacial score (nSPS) is 13.6. The van der Waals surface area contributed by atoms with Crippen molar-refractivity contribution in [2.45, 2.75) is 32.7 Å². The van der Waals surface area contributed by atoms with Crippen LogP contribution < -0.4 is 5.32 Å². The highest BCUT2D eigenvalue weighted by Gasteiger charge is 2.35. The molecule has 1 atom stereocenters. The van der Waals surface area contributed by atoms with E-state index in [1.807, 2.05) is 54.6 Å². The molecule has 0 fully saturated rings. The molecule has 0 aliphatic heterocycles. The Morgan fingerprint density at radius 1 is 1.09 bits per heavy atom. The van der Waals surface area contributed by atoms with Gasteiger partial charge in [0, 0.05) is 5.69 Å². The molecule has 0 aromatic heterocycles. The first-order valence-electron chi connectivity index (χ1n) is 7.58. The number of hydrogen-bond acceptors (Lipinski definition) is 2. The van der Waals surface area contributed by atoms with Crippen LogP contribution in [0.3, 0.4) is 0 Å². The van der Waals surface area contributed by atoms with Crippen LogP contribution in [0.1, 0.15) is 31.9 Å². The first-order chi connectivity index (χ1) is 10.4. The Kier molecular flexibility index (Phi) is 4.86. The highest BCUT2D eigenvalue weighted by Crippen LogP contribution is 2.27. The lowest BCUT2D eigenvalue weighted by Gasteiger charge is -2.28. The molecule has 0 spiro atoms. The SMILES string of the molecule is CC(C)Cc1ccc(C(C)(Nc2ccccc2)C(=O)O)cc1. The quantitative estimate of drug-likeness (QED) is 0.836. The molecule has 0 saturated carbocycles. The standard InChI is InChI=1S/C19H23NO2/c1-14(2)13-15-9-11-16(12-10-15)19(3,18(21)22)20-17-7-5-4-6-8-17/h4-12,14,20H,13H2,1-3H3,(H,21,22). The Bertz CT molecular complexity index is 620. The molecule has 116 valence electrons. The predicted molar refractivity (Wildman–Crippen MR) is 90.0 cm³/mol. The van der Waals surface area contributed by atoms with Crippen LogP contribution in [0.15, 0.2) is 54.6 Å². The van der Waals surface area contributed by atoms with Gasteiger partial charge in [-0.3, -0.25) is 0 Å². The van der Waals surface area contributed by atoms with E-state index in [0.29, 0.717) is 5.92 Å². The van der Waals surface area contributed by atoms with Crippen molar-refractivity contribution >= 4 is 11.7 Å². The monoisotopic (exact) mass is 297 g/mol. The van der Waals surface area contributed by atoms with Gasteiger partial charge in [-0.05, 0) is 42.5 Å². The fourth-order valence-corrected chi connectivity index (χ4v) is 2.50. The summed E-state index contributed by atoms with van der Waals surface area (Å²) in [7, 11) is 0. The van der Waals surface area contributed by atoms with Crippen molar-refractivity contribution in [3.63, 3.8) is 0 Å². The number of carboxylic acid groups (broad SMARTS) is 1. The maximum Gasteiger partial charge on any atom is 0.333 e. The molecule has 0 bridgehead atoms. The highest BCUT2D eigenvalue weighted by molar-refractivity contribution is 5.84. The summed E-state index contributed by atoms with van der Waals surface area (Å²) in [6.07, 6.45) is 0.996. The number of carbonyl (C=O) groups is 1. The van der Waals surface area contributed by atoms with Gasteiger partial charge in [0.15, 0.2) is 5.54 Å². The summed E-state index contributed by atoms with van der Waals surface area (Å²) in [5, 5.41) is 12.8. The van der Waals surface area contributed by atoms with E-state index < -0.39 is 11.5 Å². The molecule has 3 heteroatoms. The lowest BCUT2D eigenvalue weighted by Crippen LogP contribution is -2.40. The van der Waals surface area contributed by atoms with Crippen molar-refractivity contribution < 1.29 is 9.90 Å². The van der Waals surface area contributed by atoms with Crippen molar-refractivity contribution in [2.75, 3.05) is 5.32 Å². The molecule has 0 amide bonds. The third-order valence-electron chi connectivity index (χ3n) is 3.77. The molecule has 0 saturated heterocycles. The Morgan fingerprint density at radius 2 is 1.68 bits per heavy atom. The summed E-state index contributed by atoms with van der Waals surface area (Å²) in [4.78, 5) is 11.8. The highest BCUT2D eigenvalue weighted by atomic mass is 16.4. The van der Waals surface area contributed by atoms with Crippen LogP contribution in [-0.4, -0.2) is 11.1 Å². The van der Waals surface area contributed by atoms with E-state index in [1.165, 1.54) is 5.56 Å². The first-order valence-corrected chi connectivity index (χ1v) is 7.58. The molecule has 0 radical (unpaired) electrons. The summed E-state index contributed by atoms with van der Waals surface area (Å²) < 4.78 is 0. The van der Waals surface area contributed by atoms with Crippen LogP contribution >= 0.6 is 0 Å². The van der Waals surface area contributed by atoms with Gasteiger partial charge >= 0.3 is 5.97 Å². The van der Waals surface area contributed by atoms with Gasteiger partial charge in [0.05, 0.1) is 0 Å². The number of nitrogens with one attached hydrogen (secondary N) is 1. The van der Waals surface area contributed by atoms with Gasteiger partial charge in [0.1, 0.15) is 0 Å². The number of aliphatic carboxylic acids is 1. The van der Waals surface area contributed by atoms with Crippen LogP contribution in [0.5, 0.6) is 0 Å². The van der Waals surface area contributed by atoms with Gasteiger partial charge in [0.2, 0.25) is 0 Å². The minimum absolute atomic E-state index is 0.583. The summed E-state index contributed by atoms with van der Waals surface area (Å²) in [5.41, 5.74) is 1.61. The average Bonchev–Trinajstić information content (AvgIpc) is 2.48. The zero-order valence-corrected chi connectivity index (χ0v) is 13.3. The van der Waals surface area contributed by atoms with Gasteiger partial charge in [0.25, 0.3) is 0 Å². The van der Waals surface area contributed by atoms with E-state index in [2.05, 4.69) is 19.2 Å². The number of para-hydroxylation sites is 1. The lowest BCUT2D eigenvalue weighted by atomic mass is 9.90. The molecular formula is C19H23NO2. The fraction of sp³-hybridized carbons (Fsp3) is 0.316. The molecule has 1 unspecified atom stereocenters. The van der Waals surface area contributed by atoms with Crippen molar-refractivity contribution in [1.29, 1.82) is 0 Å². The minimum Gasteiger partial charge on any atom is -0.479 e. The second-order valence-corrected chi connectivity index (χ2v) is 6.22. The number of rotatable bonds is 6. The number of carboxylic acids is 1. The fourth-order valence-electron chi connectivity index (χ4n) is 2.50. The largest absolute Gasteiger partial charge is 0.479 e. The van der Waals surface area contributed by atoms with Crippen LogP contribution in [0.2, 0.25) is 0 Å². The van der Waals surface area contributed by atoms with Crippen molar-refractivity contribution in [1.82, 2.24) is 0 Å². The van der Waals surface area contributed by atoms with E-state index in [4.69, 9.17) is 0 Å². The summed E-state index contributed by atoms with van der Waals surface area (Å²) in [6, 6.07) is 17.3. The van der Waals surface area contributed by atoms with E-state index in [1.54, 1.807) is 6.92 Å². The van der Waals surface area contributed by atoms with E-state index in [9.17, 15) is 9.90 Å². The third-order valence-corrected chi connectivity index (χ3v) is 3.77. The predicted octanol–water partition coefficient (Wildman–Crippen LogP) is 4.30. The summed E-state index contributed by atoms with van der Waals surface area (Å²) in [6.45, 7) is 6.04. The van der Waals surface area contributed by atoms with E-state index in [0.717, 1.165) is 17.7 Å². The maximum absolute atomic E-state index is 11.8. The molecule has 2 aromatic carbocycles. The lowest BCUT2D eigenvalue weighted by molar-refractivity contribution is -0.142. The van der Waals surface area contributed by atoms with Gasteiger partial charge in [-0.25, -0.2) is 4.79 Å². The summed E-state index contributed by atoms with van der Waals surface area (Å²) >= 11 is 0. The average molecular weight is 297 g/mol. The van der Waals surface area contributed by atoms with E-state index >= 15 is 0 Å². The summed E-state index contributed by atoms with van der Waals surface area (Å²) in [5.74, 6) is -0.313. The molecular weight excluding hydrogens is 274 g/mol. The number of hydrogen-bond donors (Lipinski definition) is 2. The van der Waals surface area contributed by atoms with E-state index in [-0.39, 0.29) is 0 Å². The number of anilines is 1. The maximum atomic E-state index is 11.8. The topological polar surface area (TPSA) is 49.3 Å². The first kappa shape index (κ1) is 16.1. The van der Waals surface area contributed by atoms with Gasteiger partial charge in [-0.2, -0.15) is 0 Å². The Balaban J connectivity index is 2.29. The molecule has 2 rings (SSSR count). The zero-order chi connectivity index (χ0) is 16.2. The van der Waals surface area contributed by atoms with Crippen LogP contribution in [0, 0.1) is 5.92 Å².